The molecule has 5 heteroatoms. The Morgan fingerprint density at radius 3 is 2.46 bits per heavy atom. The van der Waals surface area contributed by atoms with Crippen molar-refractivity contribution in [3.05, 3.63) is 0 Å². The molecule has 2 atom stereocenters. The lowest BCUT2D eigenvalue weighted by Crippen LogP contribution is -2.42. The van der Waals surface area contributed by atoms with E-state index in [4.69, 9.17) is 5.73 Å². The molecular weight excluding hydrogens is 190 g/mol. The highest BCUT2D eigenvalue weighted by Gasteiger charge is 2.49. The first kappa shape index (κ1) is 10.9. The smallest absolute Gasteiger partial charge is 0.155 e. The summed E-state index contributed by atoms with van der Waals surface area (Å²) in [6.07, 6.45) is -0.180. The van der Waals surface area contributed by atoms with Gasteiger partial charge in [0.2, 0.25) is 0 Å². The van der Waals surface area contributed by atoms with Crippen LogP contribution in [0, 0.1) is 5.92 Å². The van der Waals surface area contributed by atoms with Gasteiger partial charge in [-0.3, -0.25) is 0 Å². The van der Waals surface area contributed by atoms with Gasteiger partial charge in [-0.2, -0.15) is 0 Å². The van der Waals surface area contributed by atoms with Gasteiger partial charge in [-0.25, -0.2) is 8.42 Å². The number of nitrogens with two attached hydrogens (primary N) is 1. The van der Waals surface area contributed by atoms with Crippen molar-refractivity contribution in [2.24, 2.45) is 11.7 Å². The Kier molecular flexibility index (Phi) is 2.71. The first-order valence-corrected chi connectivity index (χ1v) is 6.08. The van der Waals surface area contributed by atoms with E-state index >= 15 is 0 Å². The summed E-state index contributed by atoms with van der Waals surface area (Å²) in [7, 11) is -3.04. The number of hydrogen-bond acceptors (Lipinski definition) is 4. The second-order valence-corrected chi connectivity index (χ2v) is 6.81. The van der Waals surface area contributed by atoms with Gasteiger partial charge in [0, 0.05) is 12.5 Å². The molecule has 0 aromatic carbocycles. The molecule has 1 fully saturated rings. The van der Waals surface area contributed by atoms with Crippen molar-refractivity contribution >= 4 is 9.84 Å². The van der Waals surface area contributed by atoms with Gasteiger partial charge in [0.15, 0.2) is 9.84 Å². The molecule has 1 rings (SSSR count). The van der Waals surface area contributed by atoms with Gasteiger partial charge in [0.05, 0.1) is 16.6 Å². The SMILES string of the molecule is CC1(C)C([C@H](O)CN)CCS1(=O)=O. The molecule has 1 aliphatic rings. The van der Waals surface area contributed by atoms with Crippen molar-refractivity contribution in [1.29, 1.82) is 0 Å². The number of sulfone groups is 1. The lowest BCUT2D eigenvalue weighted by atomic mass is 9.87. The zero-order chi connectivity index (χ0) is 10.3. The summed E-state index contributed by atoms with van der Waals surface area (Å²) in [6, 6.07) is 0. The fourth-order valence-electron chi connectivity index (χ4n) is 1.94. The van der Waals surface area contributed by atoms with Gasteiger partial charge in [-0.1, -0.05) is 0 Å². The summed E-state index contributed by atoms with van der Waals surface area (Å²) >= 11 is 0. The largest absolute Gasteiger partial charge is 0.391 e. The molecule has 78 valence electrons. The van der Waals surface area contributed by atoms with Crippen molar-refractivity contribution in [3.63, 3.8) is 0 Å². The van der Waals surface area contributed by atoms with Gasteiger partial charge < -0.3 is 10.8 Å². The topological polar surface area (TPSA) is 80.4 Å². The zero-order valence-electron chi connectivity index (χ0n) is 8.03. The van der Waals surface area contributed by atoms with Crippen LogP contribution in [0.15, 0.2) is 0 Å². The monoisotopic (exact) mass is 207 g/mol. The van der Waals surface area contributed by atoms with Crippen LogP contribution in [0.4, 0.5) is 0 Å². The summed E-state index contributed by atoms with van der Waals surface area (Å²) < 4.78 is 22.3. The van der Waals surface area contributed by atoms with E-state index in [1.807, 2.05) is 0 Å². The third-order valence-electron chi connectivity index (χ3n) is 3.10. The molecule has 0 bridgehead atoms. The molecule has 0 aromatic rings. The highest BCUT2D eigenvalue weighted by molar-refractivity contribution is 7.93. The maximum absolute atomic E-state index is 11.6. The molecule has 1 unspecified atom stereocenters. The molecular formula is C8H17NO3S. The summed E-state index contributed by atoms with van der Waals surface area (Å²) in [5, 5.41) is 9.54. The van der Waals surface area contributed by atoms with Crippen LogP contribution >= 0.6 is 0 Å². The Labute approximate surface area is 79.0 Å². The fourth-order valence-corrected chi connectivity index (χ4v) is 3.77. The van der Waals surface area contributed by atoms with E-state index < -0.39 is 20.7 Å². The minimum atomic E-state index is -3.04. The van der Waals surface area contributed by atoms with Gasteiger partial charge in [-0.15, -0.1) is 0 Å². The lowest BCUT2D eigenvalue weighted by molar-refractivity contribution is 0.100. The van der Waals surface area contributed by atoms with Crippen LogP contribution in [0.25, 0.3) is 0 Å². The van der Waals surface area contributed by atoms with E-state index in [2.05, 4.69) is 0 Å². The first-order chi connectivity index (χ1) is 5.83. The van der Waals surface area contributed by atoms with Crippen LogP contribution in [-0.2, 0) is 9.84 Å². The standard InChI is InChI=1S/C8H17NO3S/c1-8(2)6(7(10)5-9)3-4-13(8,11)12/h6-7,10H,3-5,9H2,1-2H3/t6?,7-/m1/s1. The number of aliphatic hydroxyl groups is 1. The minimum absolute atomic E-state index is 0.129. The summed E-state index contributed by atoms with van der Waals surface area (Å²) in [6.45, 7) is 3.46. The van der Waals surface area contributed by atoms with Crippen LogP contribution in [0.1, 0.15) is 20.3 Å². The van der Waals surface area contributed by atoms with Crippen LogP contribution in [0.3, 0.4) is 0 Å². The molecule has 0 spiro atoms. The van der Waals surface area contributed by atoms with E-state index in [1.54, 1.807) is 13.8 Å². The average Bonchev–Trinajstić information content (AvgIpc) is 2.22. The predicted octanol–water partition coefficient (Wildman–Crippen LogP) is -0.481. The van der Waals surface area contributed by atoms with E-state index in [0.717, 1.165) is 0 Å². The van der Waals surface area contributed by atoms with Crippen LogP contribution in [-0.4, -0.2) is 36.7 Å². The van der Waals surface area contributed by atoms with Gasteiger partial charge >= 0.3 is 0 Å². The van der Waals surface area contributed by atoms with E-state index in [9.17, 15) is 13.5 Å². The molecule has 1 saturated heterocycles. The van der Waals surface area contributed by atoms with Crippen molar-refractivity contribution in [2.45, 2.75) is 31.1 Å². The Bertz CT molecular complexity index is 284. The van der Waals surface area contributed by atoms with Crippen molar-refractivity contribution < 1.29 is 13.5 Å². The number of rotatable bonds is 2. The Morgan fingerprint density at radius 2 is 2.15 bits per heavy atom. The fraction of sp³-hybridized carbons (Fsp3) is 1.00. The number of hydrogen-bond donors (Lipinski definition) is 2. The lowest BCUT2D eigenvalue weighted by Gasteiger charge is -2.28. The second-order valence-electron chi connectivity index (χ2n) is 4.12. The molecule has 0 amide bonds. The molecule has 0 aromatic heterocycles. The quantitative estimate of drug-likeness (QED) is 0.641. The number of aliphatic hydroxyl groups excluding tert-OH is 1. The molecule has 0 saturated carbocycles. The molecule has 1 heterocycles. The maximum Gasteiger partial charge on any atom is 0.155 e. The molecule has 4 nitrogen and oxygen atoms in total. The predicted molar refractivity (Wildman–Crippen MR) is 51.0 cm³/mol. The van der Waals surface area contributed by atoms with E-state index in [0.29, 0.717) is 6.42 Å². The summed E-state index contributed by atoms with van der Waals surface area (Å²) in [4.78, 5) is 0. The van der Waals surface area contributed by atoms with Gasteiger partial charge in [0.1, 0.15) is 0 Å². The van der Waals surface area contributed by atoms with Crippen LogP contribution < -0.4 is 5.73 Å². The zero-order valence-corrected chi connectivity index (χ0v) is 8.84. The Hall–Kier alpha value is -0.130. The van der Waals surface area contributed by atoms with Crippen molar-refractivity contribution in [2.75, 3.05) is 12.3 Å². The molecule has 0 radical (unpaired) electrons. The highest BCUT2D eigenvalue weighted by Crippen LogP contribution is 2.38. The second kappa shape index (κ2) is 3.22. The first-order valence-electron chi connectivity index (χ1n) is 4.43. The van der Waals surface area contributed by atoms with Crippen molar-refractivity contribution in [3.8, 4) is 0 Å². The normalized spacial score (nSPS) is 33.1. The van der Waals surface area contributed by atoms with E-state index in [1.165, 1.54) is 0 Å². The minimum Gasteiger partial charge on any atom is -0.391 e. The summed E-state index contributed by atoms with van der Waals surface area (Å²) in [5.74, 6) is -0.0515. The van der Waals surface area contributed by atoms with E-state index in [-0.39, 0.29) is 18.2 Å². The average molecular weight is 207 g/mol. The molecule has 1 aliphatic heterocycles. The Morgan fingerprint density at radius 1 is 1.62 bits per heavy atom. The maximum atomic E-state index is 11.6. The van der Waals surface area contributed by atoms with Crippen molar-refractivity contribution in [1.82, 2.24) is 0 Å². The highest BCUT2D eigenvalue weighted by atomic mass is 32.2. The van der Waals surface area contributed by atoms with Crippen LogP contribution in [0.5, 0.6) is 0 Å². The third kappa shape index (κ3) is 1.60. The summed E-state index contributed by atoms with van der Waals surface area (Å²) in [5.41, 5.74) is 5.32. The molecule has 13 heavy (non-hydrogen) atoms. The molecule has 3 N–H and O–H groups in total. The van der Waals surface area contributed by atoms with Crippen LogP contribution in [0.2, 0.25) is 0 Å². The molecule has 0 aliphatic carbocycles. The third-order valence-corrected chi connectivity index (χ3v) is 5.78. The van der Waals surface area contributed by atoms with Gasteiger partial charge in [-0.05, 0) is 20.3 Å². The van der Waals surface area contributed by atoms with Gasteiger partial charge in [0.25, 0.3) is 0 Å². The Balaban J connectivity index is 2.95.